The number of fused-ring (bicyclic) bond motifs is 1. The zero-order valence-corrected chi connectivity index (χ0v) is 13.1. The van der Waals surface area contributed by atoms with E-state index in [9.17, 15) is 9.59 Å². The number of halogens is 4. The topological polar surface area (TPSA) is 40.6 Å². The molecule has 0 saturated carbocycles. The third-order valence-corrected chi connectivity index (χ3v) is 3.66. The summed E-state index contributed by atoms with van der Waals surface area (Å²) in [6, 6.07) is 6.92. The summed E-state index contributed by atoms with van der Waals surface area (Å²) in [4.78, 5) is 24.5. The molecule has 0 aromatic heterocycles. The van der Waals surface area contributed by atoms with Gasteiger partial charge in [-0.25, -0.2) is 0 Å². The Morgan fingerprint density at radius 3 is 1.50 bits per heavy atom. The number of anilines is 2. The van der Waals surface area contributed by atoms with E-state index in [2.05, 4.69) is 0 Å². The minimum atomic E-state index is -1.15. The van der Waals surface area contributed by atoms with E-state index in [1.807, 2.05) is 0 Å². The number of carbonyl (C=O) groups excluding carboxylic acids is 2. The fraction of sp³-hybridized carbons (Fsp3) is 0.333. The molecule has 0 radical (unpaired) electrons. The third-order valence-electron chi connectivity index (χ3n) is 2.92. The molecule has 20 heavy (non-hydrogen) atoms. The summed E-state index contributed by atoms with van der Waals surface area (Å²) in [6.07, 6.45) is 0. The molecule has 0 N–H and O–H groups in total. The average molecular weight is 356 g/mol. The first kappa shape index (κ1) is 15.7. The number of alkyl halides is 4. The molecular formula is C12H10Cl4N2O2. The van der Waals surface area contributed by atoms with Crippen LogP contribution in [0.2, 0.25) is 0 Å². The minimum Gasteiger partial charge on any atom is -0.306 e. The van der Waals surface area contributed by atoms with Crippen molar-refractivity contribution < 1.29 is 9.59 Å². The molecular weight excluding hydrogens is 346 g/mol. The highest BCUT2D eigenvalue weighted by Gasteiger charge is 2.33. The van der Waals surface area contributed by atoms with Crippen molar-refractivity contribution in [1.82, 2.24) is 0 Å². The zero-order chi connectivity index (χ0) is 14.9. The fourth-order valence-electron chi connectivity index (χ4n) is 2.05. The zero-order valence-electron chi connectivity index (χ0n) is 10.1. The molecule has 0 unspecified atom stereocenters. The average Bonchev–Trinajstić information content (AvgIpc) is 2.44. The molecule has 1 aliphatic rings. The number of para-hydroxylation sites is 2. The van der Waals surface area contributed by atoms with Crippen molar-refractivity contribution in [1.29, 1.82) is 0 Å². The summed E-state index contributed by atoms with van der Waals surface area (Å²) < 4.78 is 0. The smallest absolute Gasteiger partial charge is 0.260 e. The molecule has 1 aliphatic heterocycles. The second kappa shape index (κ2) is 6.39. The van der Waals surface area contributed by atoms with E-state index in [1.165, 1.54) is 9.80 Å². The molecule has 1 heterocycles. The van der Waals surface area contributed by atoms with Crippen molar-refractivity contribution in [2.24, 2.45) is 0 Å². The van der Waals surface area contributed by atoms with Crippen molar-refractivity contribution in [3.05, 3.63) is 24.3 Å². The Morgan fingerprint density at radius 2 is 1.20 bits per heavy atom. The van der Waals surface area contributed by atoms with E-state index in [1.54, 1.807) is 24.3 Å². The summed E-state index contributed by atoms with van der Waals surface area (Å²) in [5.41, 5.74) is 1.11. The van der Waals surface area contributed by atoms with Crippen LogP contribution in [0.5, 0.6) is 0 Å². The molecule has 108 valence electrons. The lowest BCUT2D eigenvalue weighted by molar-refractivity contribution is -0.118. The lowest BCUT2D eigenvalue weighted by Gasteiger charge is -2.36. The van der Waals surface area contributed by atoms with Crippen LogP contribution in [-0.4, -0.2) is 34.6 Å². The van der Waals surface area contributed by atoms with E-state index in [4.69, 9.17) is 46.4 Å². The van der Waals surface area contributed by atoms with Gasteiger partial charge in [0.05, 0.1) is 11.4 Å². The Hall–Kier alpha value is -0.680. The van der Waals surface area contributed by atoms with Gasteiger partial charge in [-0.1, -0.05) is 58.5 Å². The van der Waals surface area contributed by atoms with E-state index in [0.717, 1.165) is 0 Å². The number of hydrogen-bond acceptors (Lipinski definition) is 2. The first-order chi connectivity index (χ1) is 9.43. The molecule has 1 aromatic rings. The van der Waals surface area contributed by atoms with E-state index < -0.39 is 21.5 Å². The van der Waals surface area contributed by atoms with Crippen LogP contribution in [0.4, 0.5) is 11.4 Å². The second-order valence-electron chi connectivity index (χ2n) is 4.07. The van der Waals surface area contributed by atoms with Crippen molar-refractivity contribution in [3.63, 3.8) is 0 Å². The summed E-state index contributed by atoms with van der Waals surface area (Å²) >= 11 is 22.5. The molecule has 8 heteroatoms. The lowest BCUT2D eigenvalue weighted by atomic mass is 10.1. The number of hydrogen-bond donors (Lipinski definition) is 0. The van der Waals surface area contributed by atoms with Crippen LogP contribution in [0.3, 0.4) is 0 Å². The van der Waals surface area contributed by atoms with Crippen molar-refractivity contribution in [3.8, 4) is 0 Å². The molecule has 0 bridgehead atoms. The largest absolute Gasteiger partial charge is 0.306 e. The van der Waals surface area contributed by atoms with Crippen LogP contribution in [0.25, 0.3) is 0 Å². The Morgan fingerprint density at radius 1 is 0.850 bits per heavy atom. The van der Waals surface area contributed by atoms with Gasteiger partial charge in [0.15, 0.2) is 9.67 Å². The molecule has 0 atom stereocenters. The second-order valence-corrected chi connectivity index (χ2v) is 6.26. The minimum absolute atomic E-state index is 0.276. The van der Waals surface area contributed by atoms with E-state index in [-0.39, 0.29) is 13.1 Å². The maximum absolute atomic E-state index is 12.0. The molecule has 2 rings (SSSR count). The number of amides is 2. The standard InChI is InChI=1S/C12H10Cl4N2O2/c13-9(14)11(19)17-5-6-18(12(20)10(15)16)8-4-2-1-3-7(8)17/h1-4,9-10H,5-6H2. The molecule has 0 aliphatic carbocycles. The highest BCUT2D eigenvalue weighted by molar-refractivity contribution is 6.55. The van der Waals surface area contributed by atoms with Gasteiger partial charge >= 0.3 is 0 Å². The van der Waals surface area contributed by atoms with Gasteiger partial charge in [0, 0.05) is 13.1 Å². The van der Waals surface area contributed by atoms with Crippen molar-refractivity contribution in [2.45, 2.75) is 9.67 Å². The Balaban J connectivity index is 2.40. The third kappa shape index (κ3) is 2.98. The van der Waals surface area contributed by atoms with E-state index >= 15 is 0 Å². The first-order valence-electron chi connectivity index (χ1n) is 5.71. The van der Waals surface area contributed by atoms with Crippen LogP contribution in [0.15, 0.2) is 24.3 Å². The number of nitrogens with zero attached hydrogens (tertiary/aromatic N) is 2. The van der Waals surface area contributed by atoms with Gasteiger partial charge in [-0.05, 0) is 12.1 Å². The van der Waals surface area contributed by atoms with Gasteiger partial charge in [-0.15, -0.1) is 0 Å². The molecule has 4 nitrogen and oxygen atoms in total. The molecule has 0 saturated heterocycles. The van der Waals surface area contributed by atoms with Gasteiger partial charge in [0.1, 0.15) is 0 Å². The van der Waals surface area contributed by atoms with Crippen LogP contribution in [-0.2, 0) is 9.59 Å². The Labute approximate surface area is 136 Å². The normalized spacial score (nSPS) is 14.7. The summed E-state index contributed by atoms with van der Waals surface area (Å²) in [6.45, 7) is 0.552. The fourth-order valence-corrected chi connectivity index (χ4v) is 2.53. The molecule has 2 amide bonds. The number of rotatable bonds is 2. The quantitative estimate of drug-likeness (QED) is 0.765. The van der Waals surface area contributed by atoms with Crippen LogP contribution in [0.1, 0.15) is 0 Å². The SMILES string of the molecule is O=C(C(Cl)Cl)N1CCN(C(=O)C(Cl)Cl)c2ccccc21. The van der Waals surface area contributed by atoms with Crippen LogP contribution >= 0.6 is 46.4 Å². The maximum atomic E-state index is 12.0. The predicted octanol–water partition coefficient (Wildman–Crippen LogP) is 2.97. The van der Waals surface area contributed by atoms with Crippen molar-refractivity contribution in [2.75, 3.05) is 22.9 Å². The molecule has 0 spiro atoms. The summed E-state index contributed by atoms with van der Waals surface area (Å²) in [7, 11) is 0. The van der Waals surface area contributed by atoms with Gasteiger partial charge < -0.3 is 9.80 Å². The lowest BCUT2D eigenvalue weighted by Crippen LogP contribution is -2.49. The van der Waals surface area contributed by atoms with Gasteiger partial charge in [0.25, 0.3) is 11.8 Å². The number of benzene rings is 1. The van der Waals surface area contributed by atoms with Gasteiger partial charge in [0.2, 0.25) is 0 Å². The first-order valence-corrected chi connectivity index (χ1v) is 7.46. The van der Waals surface area contributed by atoms with Gasteiger partial charge in [-0.2, -0.15) is 0 Å². The number of carbonyl (C=O) groups is 2. The van der Waals surface area contributed by atoms with Crippen LogP contribution in [0, 0.1) is 0 Å². The van der Waals surface area contributed by atoms with Crippen LogP contribution < -0.4 is 9.80 Å². The summed E-state index contributed by atoms with van der Waals surface area (Å²) in [5, 5.41) is 0. The Kier molecular flexibility index (Phi) is 5.02. The monoisotopic (exact) mass is 354 g/mol. The maximum Gasteiger partial charge on any atom is 0.260 e. The van der Waals surface area contributed by atoms with E-state index in [0.29, 0.717) is 11.4 Å². The van der Waals surface area contributed by atoms with Crippen molar-refractivity contribution >= 4 is 69.6 Å². The highest BCUT2D eigenvalue weighted by atomic mass is 35.5. The highest BCUT2D eigenvalue weighted by Crippen LogP contribution is 2.34. The van der Waals surface area contributed by atoms with Gasteiger partial charge in [-0.3, -0.25) is 9.59 Å². The molecule has 1 aromatic carbocycles. The Bertz CT molecular complexity index is 489. The predicted molar refractivity (Wildman–Crippen MR) is 82.1 cm³/mol. The molecule has 0 fully saturated rings. The summed E-state index contributed by atoms with van der Waals surface area (Å²) in [5.74, 6) is -0.859.